The van der Waals surface area contributed by atoms with Gasteiger partial charge in [-0.2, -0.15) is 0 Å². The number of carbonyl (C=O) groups excluding carboxylic acids is 1. The lowest BCUT2D eigenvalue weighted by Crippen LogP contribution is -2.60. The van der Waals surface area contributed by atoms with Crippen molar-refractivity contribution in [1.82, 2.24) is 10.2 Å². The van der Waals surface area contributed by atoms with Crippen molar-refractivity contribution in [3.8, 4) is 0 Å². The molecule has 1 atom stereocenters. The van der Waals surface area contributed by atoms with Gasteiger partial charge in [0.25, 0.3) is 0 Å². The molecule has 0 saturated carbocycles. The van der Waals surface area contributed by atoms with Crippen LogP contribution in [0, 0.1) is 0 Å². The quantitative estimate of drug-likeness (QED) is 0.609. The van der Waals surface area contributed by atoms with Crippen molar-refractivity contribution in [3.05, 3.63) is 0 Å². The molecule has 0 aliphatic carbocycles. The monoisotopic (exact) mass is 245 g/mol. The van der Waals surface area contributed by atoms with E-state index in [4.69, 9.17) is 10.5 Å². The van der Waals surface area contributed by atoms with E-state index in [0.29, 0.717) is 19.2 Å². The fourth-order valence-electron chi connectivity index (χ4n) is 1.75. The van der Waals surface area contributed by atoms with Crippen molar-refractivity contribution < 1.29 is 9.53 Å². The zero-order chi connectivity index (χ0) is 13.5. The Morgan fingerprint density at radius 2 is 2.12 bits per heavy atom. The summed E-state index contributed by atoms with van der Waals surface area (Å²) >= 11 is 0. The predicted octanol–water partition coefficient (Wildman–Crippen LogP) is 0.197. The van der Waals surface area contributed by atoms with Crippen molar-refractivity contribution >= 4 is 5.91 Å². The Balaban J connectivity index is 4.61. The molecule has 0 bridgehead atoms. The number of amides is 1. The molecule has 102 valence electrons. The topological polar surface area (TPSA) is 67.6 Å². The maximum absolute atomic E-state index is 11.5. The Bertz CT molecular complexity index is 234. The highest BCUT2D eigenvalue weighted by molar-refractivity contribution is 5.84. The number of primary amides is 1. The first kappa shape index (κ1) is 16.4. The van der Waals surface area contributed by atoms with E-state index in [-0.39, 0.29) is 5.91 Å². The van der Waals surface area contributed by atoms with Crippen molar-refractivity contribution in [2.24, 2.45) is 5.73 Å². The number of carbonyl (C=O) groups is 1. The van der Waals surface area contributed by atoms with Gasteiger partial charge in [-0.05, 0) is 27.3 Å². The number of likely N-dealkylation sites (N-methyl/N-ethyl adjacent to an activating group) is 1. The third kappa shape index (κ3) is 5.48. The van der Waals surface area contributed by atoms with E-state index in [1.165, 1.54) is 0 Å². The molecule has 0 fully saturated rings. The third-order valence-corrected chi connectivity index (χ3v) is 2.94. The molecule has 0 aromatic carbocycles. The molecular weight excluding hydrogens is 218 g/mol. The molecule has 0 spiro atoms. The SMILES string of the molecule is CCNC(C)(CN(CCOC)C(C)C)C(N)=O. The van der Waals surface area contributed by atoms with Gasteiger partial charge in [0.15, 0.2) is 0 Å². The molecule has 0 aliphatic rings. The zero-order valence-corrected chi connectivity index (χ0v) is 11.7. The van der Waals surface area contributed by atoms with E-state index in [0.717, 1.165) is 13.1 Å². The van der Waals surface area contributed by atoms with Crippen molar-refractivity contribution in [1.29, 1.82) is 0 Å². The number of methoxy groups -OCH3 is 1. The first-order valence-corrected chi connectivity index (χ1v) is 6.15. The summed E-state index contributed by atoms with van der Waals surface area (Å²) in [5.74, 6) is -0.317. The summed E-state index contributed by atoms with van der Waals surface area (Å²) in [5.41, 5.74) is 4.79. The highest BCUT2D eigenvalue weighted by Gasteiger charge is 2.32. The number of hydrogen-bond donors (Lipinski definition) is 2. The van der Waals surface area contributed by atoms with Crippen LogP contribution in [-0.4, -0.2) is 55.7 Å². The molecule has 0 heterocycles. The van der Waals surface area contributed by atoms with Crippen molar-refractivity contribution in [2.75, 3.05) is 33.4 Å². The Morgan fingerprint density at radius 1 is 1.53 bits per heavy atom. The second-order valence-corrected chi connectivity index (χ2v) is 4.78. The average Bonchev–Trinajstić information content (AvgIpc) is 2.24. The van der Waals surface area contributed by atoms with Gasteiger partial charge in [0.1, 0.15) is 5.54 Å². The summed E-state index contributed by atoms with van der Waals surface area (Å²) in [6.07, 6.45) is 0. The van der Waals surface area contributed by atoms with Gasteiger partial charge in [0.05, 0.1) is 6.61 Å². The Kier molecular flexibility index (Phi) is 7.34. The van der Waals surface area contributed by atoms with E-state index >= 15 is 0 Å². The second-order valence-electron chi connectivity index (χ2n) is 4.78. The Morgan fingerprint density at radius 3 is 2.47 bits per heavy atom. The minimum Gasteiger partial charge on any atom is -0.383 e. The van der Waals surface area contributed by atoms with Crippen LogP contribution in [0.1, 0.15) is 27.7 Å². The summed E-state index contributed by atoms with van der Waals surface area (Å²) in [4.78, 5) is 13.7. The largest absolute Gasteiger partial charge is 0.383 e. The zero-order valence-electron chi connectivity index (χ0n) is 11.7. The van der Waals surface area contributed by atoms with Gasteiger partial charge in [-0.25, -0.2) is 0 Å². The van der Waals surface area contributed by atoms with Crippen LogP contribution >= 0.6 is 0 Å². The molecule has 0 aliphatic heterocycles. The number of nitrogens with one attached hydrogen (secondary N) is 1. The third-order valence-electron chi connectivity index (χ3n) is 2.94. The smallest absolute Gasteiger partial charge is 0.238 e. The van der Waals surface area contributed by atoms with Crippen LogP contribution in [0.2, 0.25) is 0 Å². The van der Waals surface area contributed by atoms with E-state index in [1.54, 1.807) is 7.11 Å². The molecule has 0 aromatic rings. The molecule has 0 radical (unpaired) electrons. The lowest BCUT2D eigenvalue weighted by Gasteiger charge is -2.36. The molecule has 0 aromatic heterocycles. The van der Waals surface area contributed by atoms with Gasteiger partial charge < -0.3 is 15.8 Å². The standard InChI is InChI=1S/C12H27N3O2/c1-6-14-12(4,11(13)16)9-15(10(2)3)7-8-17-5/h10,14H,6-9H2,1-5H3,(H2,13,16). The number of hydrogen-bond acceptors (Lipinski definition) is 4. The van der Waals surface area contributed by atoms with Crippen LogP contribution < -0.4 is 11.1 Å². The number of ether oxygens (including phenoxy) is 1. The van der Waals surface area contributed by atoms with Crippen LogP contribution in [0.15, 0.2) is 0 Å². The average molecular weight is 245 g/mol. The fourth-order valence-corrected chi connectivity index (χ4v) is 1.75. The van der Waals surface area contributed by atoms with Crippen LogP contribution in [0.3, 0.4) is 0 Å². The van der Waals surface area contributed by atoms with Crippen molar-refractivity contribution in [2.45, 2.75) is 39.3 Å². The molecule has 5 heteroatoms. The van der Waals surface area contributed by atoms with Gasteiger partial charge in [0.2, 0.25) is 5.91 Å². The van der Waals surface area contributed by atoms with Gasteiger partial charge in [-0.15, -0.1) is 0 Å². The van der Waals surface area contributed by atoms with Crippen LogP contribution in [-0.2, 0) is 9.53 Å². The summed E-state index contributed by atoms with van der Waals surface area (Å²) in [7, 11) is 1.68. The normalized spacial score (nSPS) is 15.2. The van der Waals surface area contributed by atoms with Gasteiger partial charge in [-0.1, -0.05) is 6.92 Å². The molecular formula is C12H27N3O2. The minimum atomic E-state index is -0.688. The van der Waals surface area contributed by atoms with Crippen molar-refractivity contribution in [3.63, 3.8) is 0 Å². The molecule has 0 saturated heterocycles. The maximum atomic E-state index is 11.5. The Labute approximate surface area is 105 Å². The predicted molar refractivity (Wildman–Crippen MR) is 69.9 cm³/mol. The number of nitrogens with zero attached hydrogens (tertiary/aromatic N) is 1. The molecule has 5 nitrogen and oxygen atoms in total. The maximum Gasteiger partial charge on any atom is 0.238 e. The van der Waals surface area contributed by atoms with E-state index in [9.17, 15) is 4.79 Å². The first-order chi connectivity index (χ1) is 7.87. The molecule has 0 rings (SSSR count). The van der Waals surface area contributed by atoms with Crippen LogP contribution in [0.4, 0.5) is 0 Å². The molecule has 1 unspecified atom stereocenters. The van der Waals surface area contributed by atoms with Crippen LogP contribution in [0.25, 0.3) is 0 Å². The lowest BCUT2D eigenvalue weighted by molar-refractivity contribution is -0.124. The second kappa shape index (κ2) is 7.63. The van der Waals surface area contributed by atoms with Gasteiger partial charge in [0, 0.05) is 26.2 Å². The summed E-state index contributed by atoms with van der Waals surface area (Å²) < 4.78 is 5.08. The van der Waals surface area contributed by atoms with E-state index in [1.807, 2.05) is 13.8 Å². The van der Waals surface area contributed by atoms with E-state index in [2.05, 4.69) is 24.1 Å². The number of rotatable bonds is 9. The molecule has 17 heavy (non-hydrogen) atoms. The first-order valence-electron chi connectivity index (χ1n) is 6.15. The highest BCUT2D eigenvalue weighted by Crippen LogP contribution is 2.09. The molecule has 1 amide bonds. The number of nitrogens with two attached hydrogens (primary N) is 1. The van der Waals surface area contributed by atoms with Gasteiger partial charge in [-0.3, -0.25) is 9.69 Å². The van der Waals surface area contributed by atoms with E-state index < -0.39 is 5.54 Å². The minimum absolute atomic E-state index is 0.317. The highest BCUT2D eigenvalue weighted by atomic mass is 16.5. The fraction of sp³-hybridized carbons (Fsp3) is 0.917. The summed E-state index contributed by atoms with van der Waals surface area (Å²) in [6.45, 7) is 10.8. The lowest BCUT2D eigenvalue weighted by atomic mass is 10.00. The summed E-state index contributed by atoms with van der Waals surface area (Å²) in [5, 5.41) is 3.16. The Hall–Kier alpha value is -0.650. The summed E-state index contributed by atoms with van der Waals surface area (Å²) in [6, 6.07) is 0.350. The van der Waals surface area contributed by atoms with Crippen LogP contribution in [0.5, 0.6) is 0 Å². The van der Waals surface area contributed by atoms with Gasteiger partial charge >= 0.3 is 0 Å². The molecule has 3 N–H and O–H groups in total.